The highest BCUT2D eigenvalue weighted by atomic mass is 32.2. The molecular weight excluding hydrogens is 276 g/mol. The third kappa shape index (κ3) is 6.92. The minimum atomic E-state index is 0.509. The molecule has 0 aromatic heterocycles. The van der Waals surface area contributed by atoms with Crippen LogP contribution in [0, 0.1) is 11.3 Å². The summed E-state index contributed by atoms with van der Waals surface area (Å²) in [5.41, 5.74) is 0.509. The van der Waals surface area contributed by atoms with Crippen molar-refractivity contribution >= 4 is 11.8 Å². The van der Waals surface area contributed by atoms with Crippen molar-refractivity contribution in [3.63, 3.8) is 0 Å². The van der Waals surface area contributed by atoms with Gasteiger partial charge in [0.05, 0.1) is 0 Å². The highest BCUT2D eigenvalue weighted by Gasteiger charge is 2.36. The summed E-state index contributed by atoms with van der Waals surface area (Å²) in [6.45, 7) is 10.8. The van der Waals surface area contributed by atoms with Crippen LogP contribution < -0.4 is 5.32 Å². The van der Waals surface area contributed by atoms with E-state index in [-0.39, 0.29) is 0 Å². The van der Waals surface area contributed by atoms with Gasteiger partial charge in [-0.1, -0.05) is 26.7 Å². The Morgan fingerprint density at radius 1 is 1.43 bits per heavy atom. The van der Waals surface area contributed by atoms with Crippen molar-refractivity contribution in [2.75, 3.05) is 38.7 Å². The summed E-state index contributed by atoms with van der Waals surface area (Å²) < 4.78 is 0. The summed E-state index contributed by atoms with van der Waals surface area (Å²) in [6, 6.07) is 0.706. The summed E-state index contributed by atoms with van der Waals surface area (Å²) >= 11 is 1.97. The van der Waals surface area contributed by atoms with Crippen molar-refractivity contribution in [3.05, 3.63) is 0 Å². The zero-order valence-electron chi connectivity index (χ0n) is 15.1. The topological polar surface area (TPSA) is 15.3 Å². The van der Waals surface area contributed by atoms with E-state index in [1.165, 1.54) is 63.9 Å². The van der Waals surface area contributed by atoms with Gasteiger partial charge >= 0.3 is 0 Å². The third-order valence-corrected chi connectivity index (χ3v) is 5.83. The van der Waals surface area contributed by atoms with Crippen LogP contribution in [-0.4, -0.2) is 49.6 Å². The van der Waals surface area contributed by atoms with Crippen molar-refractivity contribution in [1.29, 1.82) is 0 Å². The molecule has 21 heavy (non-hydrogen) atoms. The number of nitrogens with zero attached hydrogens (tertiary/aromatic N) is 1. The Kier molecular flexibility index (Phi) is 9.31. The van der Waals surface area contributed by atoms with Crippen molar-refractivity contribution in [3.8, 4) is 0 Å². The molecule has 1 aliphatic carbocycles. The first kappa shape index (κ1) is 19.3. The Balaban J connectivity index is 2.58. The van der Waals surface area contributed by atoms with Gasteiger partial charge in [-0.2, -0.15) is 11.8 Å². The van der Waals surface area contributed by atoms with Gasteiger partial charge in [-0.25, -0.2) is 0 Å². The van der Waals surface area contributed by atoms with Crippen molar-refractivity contribution in [1.82, 2.24) is 10.2 Å². The molecule has 0 bridgehead atoms. The maximum absolute atomic E-state index is 3.72. The first-order valence-corrected chi connectivity index (χ1v) is 10.3. The summed E-state index contributed by atoms with van der Waals surface area (Å²) in [5.74, 6) is 2.18. The molecule has 0 aromatic carbocycles. The van der Waals surface area contributed by atoms with E-state index in [9.17, 15) is 0 Å². The molecule has 1 saturated carbocycles. The van der Waals surface area contributed by atoms with Gasteiger partial charge in [0.15, 0.2) is 0 Å². The minimum Gasteiger partial charge on any atom is -0.316 e. The molecule has 0 radical (unpaired) electrons. The van der Waals surface area contributed by atoms with Gasteiger partial charge in [0, 0.05) is 19.1 Å². The van der Waals surface area contributed by atoms with E-state index in [4.69, 9.17) is 0 Å². The molecule has 1 N–H and O–H groups in total. The molecule has 3 atom stereocenters. The van der Waals surface area contributed by atoms with E-state index >= 15 is 0 Å². The number of rotatable bonds is 10. The predicted octanol–water partition coefficient (Wildman–Crippen LogP) is 4.26. The molecule has 1 aliphatic rings. The van der Waals surface area contributed by atoms with Gasteiger partial charge in [-0.15, -0.1) is 0 Å². The first-order chi connectivity index (χ1) is 10.0. The summed E-state index contributed by atoms with van der Waals surface area (Å²) in [7, 11) is 2.34. The van der Waals surface area contributed by atoms with Gasteiger partial charge < -0.3 is 10.2 Å². The highest BCUT2D eigenvalue weighted by Crippen LogP contribution is 2.39. The largest absolute Gasteiger partial charge is 0.316 e. The fraction of sp³-hybridized carbons (Fsp3) is 1.00. The van der Waals surface area contributed by atoms with Crippen LogP contribution in [0.2, 0.25) is 0 Å². The van der Waals surface area contributed by atoms with Crippen LogP contribution in [0.4, 0.5) is 0 Å². The average molecular weight is 315 g/mol. The van der Waals surface area contributed by atoms with Crippen LogP contribution in [0.1, 0.15) is 59.3 Å². The maximum atomic E-state index is 3.72. The van der Waals surface area contributed by atoms with Gasteiger partial charge in [0.1, 0.15) is 0 Å². The lowest BCUT2D eigenvalue weighted by molar-refractivity contribution is 0.0754. The zero-order chi connectivity index (χ0) is 15.7. The molecule has 3 unspecified atom stereocenters. The smallest absolute Gasteiger partial charge is 0.00719 e. The molecule has 0 spiro atoms. The lowest BCUT2D eigenvalue weighted by Crippen LogP contribution is -2.48. The monoisotopic (exact) mass is 314 g/mol. The van der Waals surface area contributed by atoms with Crippen molar-refractivity contribution < 1.29 is 0 Å². The van der Waals surface area contributed by atoms with Gasteiger partial charge in [0.2, 0.25) is 0 Å². The molecule has 0 saturated heterocycles. The van der Waals surface area contributed by atoms with E-state index in [1.54, 1.807) is 0 Å². The number of hydrogen-bond donors (Lipinski definition) is 1. The molecule has 1 fully saturated rings. The molecule has 126 valence electrons. The summed E-state index contributed by atoms with van der Waals surface area (Å²) in [4.78, 5) is 2.63. The van der Waals surface area contributed by atoms with Crippen LogP contribution in [0.25, 0.3) is 0 Å². The van der Waals surface area contributed by atoms with Crippen LogP contribution >= 0.6 is 11.8 Å². The van der Waals surface area contributed by atoms with Crippen LogP contribution in [0.5, 0.6) is 0 Å². The predicted molar refractivity (Wildman–Crippen MR) is 98.3 cm³/mol. The van der Waals surface area contributed by atoms with E-state index in [2.05, 4.69) is 44.3 Å². The molecular formula is C18H38N2S. The second kappa shape index (κ2) is 10.1. The number of nitrogens with one attached hydrogen (secondary N) is 1. The normalized spacial score (nSPS) is 28.0. The molecule has 3 heteroatoms. The number of hydrogen-bond acceptors (Lipinski definition) is 3. The lowest BCUT2D eigenvalue weighted by Gasteiger charge is -2.44. The quantitative estimate of drug-likeness (QED) is 0.607. The highest BCUT2D eigenvalue weighted by molar-refractivity contribution is 7.98. The second-order valence-electron chi connectivity index (χ2n) is 7.42. The van der Waals surface area contributed by atoms with E-state index < -0.39 is 0 Å². The Bertz CT molecular complexity index is 272. The van der Waals surface area contributed by atoms with Gasteiger partial charge in [-0.3, -0.25) is 0 Å². The molecule has 2 nitrogen and oxygen atoms in total. The molecule has 0 aromatic rings. The van der Waals surface area contributed by atoms with Gasteiger partial charge in [-0.05, 0) is 69.5 Å². The van der Waals surface area contributed by atoms with Crippen LogP contribution in [-0.2, 0) is 0 Å². The fourth-order valence-corrected chi connectivity index (χ4v) is 4.43. The Hall–Kier alpha value is 0.270. The molecule has 0 amide bonds. The maximum Gasteiger partial charge on any atom is 0.00719 e. The Morgan fingerprint density at radius 3 is 2.81 bits per heavy atom. The number of thioether (sulfide) groups is 1. The standard InChI is InChI=1S/C18H38N2S/c1-6-11-19-14-18(10-7-8-16(2)13-18)15-20(4)17(3)9-12-21-5/h16-17,19H,6-15H2,1-5H3. The SMILES string of the molecule is CCCNCC1(CN(C)C(C)CCSC)CCCC(C)C1. The third-order valence-electron chi connectivity index (χ3n) is 5.19. The first-order valence-electron chi connectivity index (χ1n) is 8.93. The van der Waals surface area contributed by atoms with Crippen molar-refractivity contribution in [2.24, 2.45) is 11.3 Å². The molecule has 0 heterocycles. The summed E-state index contributed by atoms with van der Waals surface area (Å²) in [5, 5.41) is 3.72. The lowest BCUT2D eigenvalue weighted by atomic mass is 9.69. The fourth-order valence-electron chi connectivity index (χ4n) is 3.85. The van der Waals surface area contributed by atoms with E-state index in [0.29, 0.717) is 11.5 Å². The van der Waals surface area contributed by atoms with E-state index in [0.717, 1.165) is 5.92 Å². The molecule has 0 aliphatic heterocycles. The Morgan fingerprint density at radius 2 is 2.19 bits per heavy atom. The average Bonchev–Trinajstić information content (AvgIpc) is 2.44. The van der Waals surface area contributed by atoms with Crippen LogP contribution in [0.15, 0.2) is 0 Å². The summed E-state index contributed by atoms with van der Waals surface area (Å²) in [6.07, 6.45) is 10.4. The van der Waals surface area contributed by atoms with Gasteiger partial charge in [0.25, 0.3) is 0 Å². The van der Waals surface area contributed by atoms with Crippen molar-refractivity contribution in [2.45, 2.75) is 65.3 Å². The second-order valence-corrected chi connectivity index (χ2v) is 8.41. The van der Waals surface area contributed by atoms with E-state index in [1.807, 2.05) is 11.8 Å². The Labute approximate surface area is 137 Å². The van der Waals surface area contributed by atoms with Crippen LogP contribution in [0.3, 0.4) is 0 Å². The molecule has 1 rings (SSSR count). The minimum absolute atomic E-state index is 0.509. The zero-order valence-corrected chi connectivity index (χ0v) is 15.9.